The maximum atomic E-state index is 13.3. The Labute approximate surface area is 183 Å². The van der Waals surface area contributed by atoms with Gasteiger partial charge in [0.25, 0.3) is 5.56 Å². The van der Waals surface area contributed by atoms with Gasteiger partial charge in [0.2, 0.25) is 5.91 Å². The molecular formula is C21H16F4N2O4S. The molecule has 0 radical (unpaired) electrons. The van der Waals surface area contributed by atoms with E-state index in [1.165, 1.54) is 24.3 Å². The van der Waals surface area contributed by atoms with Gasteiger partial charge in [-0.05, 0) is 30.7 Å². The molecule has 11 heteroatoms. The van der Waals surface area contributed by atoms with Gasteiger partial charge in [0, 0.05) is 23.2 Å². The molecule has 6 nitrogen and oxygen atoms in total. The summed E-state index contributed by atoms with van der Waals surface area (Å²) in [5.41, 5.74) is -0.961. The fraction of sp³-hybridized carbons (Fsp3) is 0.190. The normalized spacial score (nSPS) is 11.3. The van der Waals surface area contributed by atoms with E-state index in [1.54, 1.807) is 12.3 Å². The SMILES string of the molecule is CCOC(=O)c1c(-c2ccc(F)cc2)csc1NC(=O)Cn1cc(C(F)(F)F)ccc1=O. The van der Waals surface area contributed by atoms with Gasteiger partial charge in [0.15, 0.2) is 0 Å². The summed E-state index contributed by atoms with van der Waals surface area (Å²) in [4.78, 5) is 36.9. The number of carbonyl (C=O) groups excluding carboxylic acids is 2. The summed E-state index contributed by atoms with van der Waals surface area (Å²) in [6.07, 6.45) is -4.13. The molecule has 0 bridgehead atoms. The smallest absolute Gasteiger partial charge is 0.417 e. The molecule has 32 heavy (non-hydrogen) atoms. The molecule has 1 aromatic carbocycles. The molecule has 0 saturated heterocycles. The number of esters is 1. The first-order valence-electron chi connectivity index (χ1n) is 9.22. The second kappa shape index (κ2) is 9.35. The van der Waals surface area contributed by atoms with Crippen LogP contribution in [0.4, 0.5) is 22.6 Å². The largest absolute Gasteiger partial charge is 0.462 e. The number of alkyl halides is 3. The lowest BCUT2D eigenvalue weighted by Crippen LogP contribution is -2.28. The average molecular weight is 468 g/mol. The fourth-order valence-electron chi connectivity index (χ4n) is 2.84. The standard InChI is InChI=1S/C21H16F4N2O4S/c1-2-31-20(30)18-15(12-3-6-14(22)7-4-12)11-32-19(18)26-16(28)10-27-9-13(21(23,24)25)5-8-17(27)29/h3-9,11H,2,10H2,1H3,(H,26,28). The molecule has 1 N–H and O–H groups in total. The van der Waals surface area contributed by atoms with Gasteiger partial charge in [-0.1, -0.05) is 12.1 Å². The molecule has 3 aromatic rings. The van der Waals surface area contributed by atoms with Crippen molar-refractivity contribution in [3.8, 4) is 11.1 Å². The van der Waals surface area contributed by atoms with Crippen LogP contribution < -0.4 is 10.9 Å². The number of carbonyl (C=O) groups is 2. The number of rotatable bonds is 6. The summed E-state index contributed by atoms with van der Waals surface area (Å²) in [6, 6.07) is 6.67. The number of hydrogen-bond acceptors (Lipinski definition) is 5. The molecule has 0 unspecified atom stereocenters. The lowest BCUT2D eigenvalue weighted by Gasteiger charge is -2.11. The Bertz CT molecular complexity index is 1200. The Balaban J connectivity index is 1.90. The van der Waals surface area contributed by atoms with Crippen molar-refractivity contribution in [2.24, 2.45) is 0 Å². The van der Waals surface area contributed by atoms with Crippen LogP contribution in [0.2, 0.25) is 0 Å². The summed E-state index contributed by atoms with van der Waals surface area (Å²) in [6.45, 7) is 0.958. The highest BCUT2D eigenvalue weighted by molar-refractivity contribution is 7.15. The van der Waals surface area contributed by atoms with Crippen molar-refractivity contribution >= 4 is 28.2 Å². The fourth-order valence-corrected chi connectivity index (χ4v) is 3.81. The van der Waals surface area contributed by atoms with Crippen LogP contribution in [0.3, 0.4) is 0 Å². The van der Waals surface area contributed by atoms with Crippen LogP contribution in [-0.2, 0) is 22.3 Å². The molecule has 0 saturated carbocycles. The van der Waals surface area contributed by atoms with Crippen LogP contribution >= 0.6 is 11.3 Å². The molecule has 168 valence electrons. The van der Waals surface area contributed by atoms with Gasteiger partial charge in [-0.25, -0.2) is 9.18 Å². The molecule has 1 amide bonds. The third-order valence-corrected chi connectivity index (χ3v) is 5.20. The first-order chi connectivity index (χ1) is 15.1. The van der Waals surface area contributed by atoms with Crippen molar-refractivity contribution in [2.45, 2.75) is 19.6 Å². The topological polar surface area (TPSA) is 77.4 Å². The minimum atomic E-state index is -4.68. The maximum Gasteiger partial charge on any atom is 0.417 e. The van der Waals surface area contributed by atoms with E-state index in [9.17, 15) is 31.9 Å². The number of hydrogen-bond donors (Lipinski definition) is 1. The number of halogens is 4. The number of amides is 1. The predicted octanol–water partition coefficient (Wildman–Crippen LogP) is 4.55. The Hall–Kier alpha value is -3.47. The van der Waals surface area contributed by atoms with Gasteiger partial charge in [-0.2, -0.15) is 13.2 Å². The third kappa shape index (κ3) is 5.22. The van der Waals surface area contributed by atoms with Gasteiger partial charge in [0.05, 0.1) is 12.2 Å². The van der Waals surface area contributed by atoms with Crippen LogP contribution in [0.25, 0.3) is 11.1 Å². The van der Waals surface area contributed by atoms with Crippen LogP contribution in [0.5, 0.6) is 0 Å². The monoisotopic (exact) mass is 468 g/mol. The molecule has 0 aliphatic rings. The summed E-state index contributed by atoms with van der Waals surface area (Å²) in [5.74, 6) is -2.02. The Morgan fingerprint density at radius 2 is 1.81 bits per heavy atom. The molecular weight excluding hydrogens is 452 g/mol. The van der Waals surface area contributed by atoms with Crippen LogP contribution in [0, 0.1) is 5.82 Å². The summed E-state index contributed by atoms with van der Waals surface area (Å²) < 4.78 is 57.6. The molecule has 3 rings (SSSR count). The van der Waals surface area contributed by atoms with Crippen molar-refractivity contribution in [3.63, 3.8) is 0 Å². The summed E-state index contributed by atoms with van der Waals surface area (Å²) in [7, 11) is 0. The van der Waals surface area contributed by atoms with Gasteiger partial charge in [0.1, 0.15) is 22.9 Å². The van der Waals surface area contributed by atoms with Gasteiger partial charge in [-0.15, -0.1) is 11.3 Å². The van der Waals surface area contributed by atoms with E-state index in [0.717, 1.165) is 17.4 Å². The summed E-state index contributed by atoms with van der Waals surface area (Å²) in [5, 5.41) is 4.10. The number of thiophene rings is 1. The van der Waals surface area contributed by atoms with Crippen molar-refractivity contribution in [1.29, 1.82) is 0 Å². The zero-order chi connectivity index (χ0) is 23.5. The number of anilines is 1. The maximum absolute atomic E-state index is 13.3. The minimum absolute atomic E-state index is 0.0215. The number of benzene rings is 1. The lowest BCUT2D eigenvalue weighted by atomic mass is 10.0. The van der Waals surface area contributed by atoms with Gasteiger partial charge < -0.3 is 14.6 Å². The van der Waals surface area contributed by atoms with E-state index >= 15 is 0 Å². The predicted molar refractivity (Wildman–Crippen MR) is 110 cm³/mol. The number of ether oxygens (including phenoxy) is 1. The third-order valence-electron chi connectivity index (χ3n) is 4.30. The molecule has 0 fully saturated rings. The molecule has 0 atom stereocenters. The van der Waals surface area contributed by atoms with Crippen LogP contribution in [0.15, 0.2) is 52.8 Å². The van der Waals surface area contributed by atoms with E-state index in [0.29, 0.717) is 28.0 Å². The van der Waals surface area contributed by atoms with E-state index in [1.807, 2.05) is 0 Å². The Morgan fingerprint density at radius 3 is 2.44 bits per heavy atom. The zero-order valence-electron chi connectivity index (χ0n) is 16.5. The van der Waals surface area contributed by atoms with Crippen molar-refractivity contribution in [2.75, 3.05) is 11.9 Å². The molecule has 0 aliphatic carbocycles. The van der Waals surface area contributed by atoms with Crippen molar-refractivity contribution in [3.05, 3.63) is 75.3 Å². The Morgan fingerprint density at radius 1 is 1.12 bits per heavy atom. The average Bonchev–Trinajstić information content (AvgIpc) is 3.13. The highest BCUT2D eigenvalue weighted by atomic mass is 32.1. The molecule has 2 heterocycles. The number of nitrogens with one attached hydrogen (secondary N) is 1. The minimum Gasteiger partial charge on any atom is -0.462 e. The highest BCUT2D eigenvalue weighted by Gasteiger charge is 2.31. The van der Waals surface area contributed by atoms with E-state index in [4.69, 9.17) is 4.74 Å². The first kappa shape index (κ1) is 23.2. The van der Waals surface area contributed by atoms with Crippen molar-refractivity contribution in [1.82, 2.24) is 4.57 Å². The molecule has 0 aliphatic heterocycles. The second-order valence-electron chi connectivity index (χ2n) is 6.51. The first-order valence-corrected chi connectivity index (χ1v) is 10.1. The quantitative estimate of drug-likeness (QED) is 0.425. The Kier molecular flexibility index (Phi) is 6.78. The van der Waals surface area contributed by atoms with Crippen molar-refractivity contribution < 1.29 is 31.9 Å². The molecule has 2 aromatic heterocycles. The van der Waals surface area contributed by atoms with E-state index in [2.05, 4.69) is 5.32 Å². The van der Waals surface area contributed by atoms with E-state index in [-0.39, 0.29) is 17.2 Å². The van der Waals surface area contributed by atoms with Gasteiger partial charge >= 0.3 is 12.1 Å². The number of nitrogens with zero attached hydrogens (tertiary/aromatic N) is 1. The highest BCUT2D eigenvalue weighted by Crippen LogP contribution is 2.36. The van der Waals surface area contributed by atoms with Crippen LogP contribution in [0.1, 0.15) is 22.8 Å². The van der Waals surface area contributed by atoms with E-state index < -0.39 is 41.5 Å². The summed E-state index contributed by atoms with van der Waals surface area (Å²) >= 11 is 0.986. The second-order valence-corrected chi connectivity index (χ2v) is 7.39. The zero-order valence-corrected chi connectivity index (χ0v) is 17.3. The lowest BCUT2D eigenvalue weighted by molar-refractivity contribution is -0.138. The molecule has 0 spiro atoms. The van der Waals surface area contributed by atoms with Crippen LogP contribution in [-0.4, -0.2) is 23.1 Å². The number of aromatic nitrogens is 1. The van der Waals surface area contributed by atoms with Gasteiger partial charge in [-0.3, -0.25) is 9.59 Å². The number of pyridine rings is 1.